The van der Waals surface area contributed by atoms with E-state index in [0.29, 0.717) is 23.0 Å². The highest BCUT2D eigenvalue weighted by Crippen LogP contribution is 2.64. The van der Waals surface area contributed by atoms with Crippen molar-refractivity contribution in [3.8, 4) is 17.2 Å². The lowest BCUT2D eigenvalue weighted by Gasteiger charge is -2.53. The van der Waals surface area contributed by atoms with Crippen LogP contribution in [0.4, 0.5) is 0 Å². The van der Waals surface area contributed by atoms with Gasteiger partial charge in [0.05, 0.1) is 6.61 Å². The smallest absolute Gasteiger partial charge is 0.119 e. The van der Waals surface area contributed by atoms with Crippen molar-refractivity contribution >= 4 is 0 Å². The van der Waals surface area contributed by atoms with Crippen LogP contribution in [-0.2, 0) is 6.42 Å². The number of phenols is 1. The Kier molecular flexibility index (Phi) is 8.04. The molecule has 0 spiro atoms. The van der Waals surface area contributed by atoms with Gasteiger partial charge in [-0.3, -0.25) is 0 Å². The second-order valence-electron chi connectivity index (χ2n) is 12.2. The molecule has 37 heavy (non-hydrogen) atoms. The molecule has 2 fully saturated rings. The molecule has 4 heteroatoms. The zero-order chi connectivity index (χ0) is 26.0. The second kappa shape index (κ2) is 11.3. The van der Waals surface area contributed by atoms with E-state index in [1.54, 1.807) is 0 Å². The predicted molar refractivity (Wildman–Crippen MR) is 151 cm³/mol. The number of hydrogen-bond donors (Lipinski definition) is 1. The van der Waals surface area contributed by atoms with Crippen LogP contribution in [0.25, 0.3) is 0 Å². The van der Waals surface area contributed by atoms with Gasteiger partial charge in [0.25, 0.3) is 0 Å². The maximum atomic E-state index is 10.0. The molecule has 0 heterocycles. The van der Waals surface area contributed by atoms with Gasteiger partial charge in [0.2, 0.25) is 0 Å². The number of phenolic OH excluding ortho intramolecular Hbond substituents is 1. The normalized spacial score (nSPS) is 30.5. The number of aromatic hydroxyl groups is 1. The van der Waals surface area contributed by atoms with Crippen molar-refractivity contribution in [3.63, 3.8) is 0 Å². The quantitative estimate of drug-likeness (QED) is 0.368. The molecule has 3 aliphatic carbocycles. The number of fused-ring (bicyclic) bond motifs is 5. The molecule has 0 radical (unpaired) electrons. The largest absolute Gasteiger partial charge is 0.508 e. The van der Waals surface area contributed by atoms with Crippen LogP contribution in [0.1, 0.15) is 76.8 Å². The van der Waals surface area contributed by atoms with Crippen molar-refractivity contribution in [2.24, 2.45) is 29.1 Å². The number of rotatable bonds is 10. The zero-order valence-electron chi connectivity index (χ0n) is 23.4. The van der Waals surface area contributed by atoms with E-state index >= 15 is 0 Å². The molecule has 3 aliphatic rings. The summed E-state index contributed by atoms with van der Waals surface area (Å²) in [6.45, 7) is 14.0. The molecule has 0 saturated heterocycles. The Labute approximate surface area is 224 Å². The van der Waals surface area contributed by atoms with Gasteiger partial charge in [-0.25, -0.2) is 0 Å². The number of ether oxygens (including phenoxy) is 2. The fraction of sp³-hybridized carbons (Fsp3) is 0.636. The third kappa shape index (κ3) is 5.37. The minimum absolute atomic E-state index is 0.420. The lowest BCUT2D eigenvalue weighted by atomic mass is 9.51. The third-order valence-corrected chi connectivity index (χ3v) is 10.4. The molecule has 0 unspecified atom stereocenters. The van der Waals surface area contributed by atoms with Gasteiger partial charge >= 0.3 is 0 Å². The van der Waals surface area contributed by atoms with Crippen molar-refractivity contribution in [1.82, 2.24) is 4.90 Å². The summed E-state index contributed by atoms with van der Waals surface area (Å²) in [4.78, 5) is 2.37. The van der Waals surface area contributed by atoms with Crippen LogP contribution in [-0.4, -0.2) is 42.9 Å². The molecule has 1 N–H and O–H groups in total. The lowest BCUT2D eigenvalue weighted by molar-refractivity contribution is 0.000917. The Morgan fingerprint density at radius 3 is 2.35 bits per heavy atom. The standard InChI is InChI=1S/C33H47NO3/c1-5-34(6-2)18-20-37-28-11-9-27(10-12-28)36-19-16-25-7-14-31-32-23(3)21-24-22-26(35)8-13-29(24)30(32)15-17-33(25,31)4/h8-13,22-23,25,30-32,35H,5-7,14-21H2,1-4H3/t23-,25-,30-,31+,32-,33-/m1/s1. The Balaban J connectivity index is 1.14. The second-order valence-corrected chi connectivity index (χ2v) is 12.2. The Bertz CT molecular complexity index is 1030. The van der Waals surface area contributed by atoms with E-state index in [-0.39, 0.29) is 0 Å². The summed E-state index contributed by atoms with van der Waals surface area (Å²) in [6, 6.07) is 14.3. The van der Waals surface area contributed by atoms with Gasteiger partial charge in [-0.05, 0) is 134 Å². The number of likely N-dealkylation sites (N-methyl/N-ethyl adjacent to an activating group) is 1. The molecule has 6 atom stereocenters. The predicted octanol–water partition coefficient (Wildman–Crippen LogP) is 7.30. The van der Waals surface area contributed by atoms with Gasteiger partial charge in [0.15, 0.2) is 0 Å². The maximum absolute atomic E-state index is 10.0. The van der Waals surface area contributed by atoms with Crippen molar-refractivity contribution in [2.45, 2.75) is 72.1 Å². The third-order valence-electron chi connectivity index (χ3n) is 10.4. The van der Waals surface area contributed by atoms with Gasteiger partial charge in [-0.2, -0.15) is 0 Å². The van der Waals surface area contributed by atoms with E-state index in [9.17, 15) is 5.11 Å². The summed E-state index contributed by atoms with van der Waals surface area (Å²) < 4.78 is 12.1. The van der Waals surface area contributed by atoms with E-state index in [1.165, 1.54) is 36.8 Å². The van der Waals surface area contributed by atoms with Gasteiger partial charge in [0.1, 0.15) is 23.9 Å². The summed E-state index contributed by atoms with van der Waals surface area (Å²) in [5, 5.41) is 10.0. The topological polar surface area (TPSA) is 41.9 Å². The van der Waals surface area contributed by atoms with Crippen LogP contribution in [0.5, 0.6) is 17.2 Å². The van der Waals surface area contributed by atoms with Crippen LogP contribution >= 0.6 is 0 Å². The summed E-state index contributed by atoms with van der Waals surface area (Å²) >= 11 is 0. The highest BCUT2D eigenvalue weighted by molar-refractivity contribution is 5.40. The molecule has 0 aliphatic heterocycles. The van der Waals surface area contributed by atoms with Crippen LogP contribution in [0.2, 0.25) is 0 Å². The van der Waals surface area contributed by atoms with Crippen LogP contribution in [0, 0.1) is 29.1 Å². The first kappa shape index (κ1) is 26.4. The van der Waals surface area contributed by atoms with Gasteiger partial charge in [-0.15, -0.1) is 0 Å². The average molecular weight is 506 g/mol. The van der Waals surface area contributed by atoms with Crippen LogP contribution in [0.15, 0.2) is 42.5 Å². The van der Waals surface area contributed by atoms with E-state index in [0.717, 1.165) is 74.9 Å². The lowest BCUT2D eigenvalue weighted by Crippen LogP contribution is -2.45. The molecule has 2 aromatic carbocycles. The number of hydrogen-bond acceptors (Lipinski definition) is 4. The molecule has 4 nitrogen and oxygen atoms in total. The fourth-order valence-electron chi connectivity index (χ4n) is 8.33. The molecule has 2 aromatic rings. The molecule has 5 rings (SSSR count). The summed E-state index contributed by atoms with van der Waals surface area (Å²) in [5.74, 6) is 5.96. The SMILES string of the molecule is CCN(CC)CCOc1ccc(OCC[C@H]2CC[C@H]3[C@@H]4[C@H](C)Cc5cc(O)ccc5[C@H]4CC[C@]23C)cc1. The minimum atomic E-state index is 0.420. The average Bonchev–Trinajstić information content (AvgIpc) is 3.23. The number of nitrogens with zero attached hydrogens (tertiary/aromatic N) is 1. The zero-order valence-corrected chi connectivity index (χ0v) is 23.4. The highest BCUT2D eigenvalue weighted by Gasteiger charge is 2.55. The maximum Gasteiger partial charge on any atom is 0.119 e. The minimum Gasteiger partial charge on any atom is -0.508 e. The molecule has 0 bridgehead atoms. The Morgan fingerprint density at radius 1 is 0.946 bits per heavy atom. The van der Waals surface area contributed by atoms with E-state index < -0.39 is 0 Å². The Hall–Kier alpha value is -2.20. The van der Waals surface area contributed by atoms with Crippen molar-refractivity contribution < 1.29 is 14.6 Å². The molecule has 0 aromatic heterocycles. The van der Waals surface area contributed by atoms with E-state index in [4.69, 9.17) is 9.47 Å². The summed E-state index contributed by atoms with van der Waals surface area (Å²) in [6.07, 6.45) is 7.55. The molecular weight excluding hydrogens is 458 g/mol. The molecule has 2 saturated carbocycles. The molecule has 0 amide bonds. The first-order valence-corrected chi connectivity index (χ1v) is 14.8. The van der Waals surface area contributed by atoms with Gasteiger partial charge < -0.3 is 19.5 Å². The van der Waals surface area contributed by atoms with Crippen molar-refractivity contribution in [2.75, 3.05) is 32.8 Å². The fourth-order valence-corrected chi connectivity index (χ4v) is 8.33. The van der Waals surface area contributed by atoms with Crippen LogP contribution in [0.3, 0.4) is 0 Å². The van der Waals surface area contributed by atoms with Gasteiger partial charge in [-0.1, -0.05) is 33.8 Å². The highest BCUT2D eigenvalue weighted by atomic mass is 16.5. The number of benzene rings is 2. The first-order valence-electron chi connectivity index (χ1n) is 14.8. The molecular formula is C33H47NO3. The molecule has 202 valence electrons. The van der Waals surface area contributed by atoms with Crippen molar-refractivity contribution in [1.29, 1.82) is 0 Å². The summed E-state index contributed by atoms with van der Waals surface area (Å²) in [5.41, 5.74) is 3.34. The Morgan fingerprint density at radius 2 is 1.65 bits per heavy atom. The van der Waals surface area contributed by atoms with Crippen molar-refractivity contribution in [3.05, 3.63) is 53.6 Å². The monoisotopic (exact) mass is 505 g/mol. The summed E-state index contributed by atoms with van der Waals surface area (Å²) in [7, 11) is 0. The first-order chi connectivity index (χ1) is 17.9. The van der Waals surface area contributed by atoms with Crippen LogP contribution < -0.4 is 9.47 Å². The van der Waals surface area contributed by atoms with E-state index in [1.807, 2.05) is 24.3 Å². The van der Waals surface area contributed by atoms with E-state index in [2.05, 4.69) is 50.8 Å². The van der Waals surface area contributed by atoms with Gasteiger partial charge in [0, 0.05) is 6.54 Å².